The number of hydrogen-bond acceptors (Lipinski definition) is 5. The van der Waals surface area contributed by atoms with E-state index in [2.05, 4.69) is 38.9 Å². The monoisotopic (exact) mass is 482 g/mol. The fraction of sp³-hybridized carbons (Fsp3) is 0.812. The summed E-state index contributed by atoms with van der Waals surface area (Å²) in [6.45, 7) is 5.13. The number of methoxy groups -OCH3 is 1. The summed E-state index contributed by atoms with van der Waals surface area (Å²) in [4.78, 5) is 9.21. The summed E-state index contributed by atoms with van der Waals surface area (Å²) in [5.41, 5.74) is 0. The lowest BCUT2D eigenvalue weighted by Crippen LogP contribution is -2.47. The van der Waals surface area contributed by atoms with Crippen LogP contribution in [0.5, 0.6) is 0 Å². The van der Waals surface area contributed by atoms with Crippen LogP contribution in [0, 0.1) is 0 Å². The Morgan fingerprint density at radius 3 is 3.00 bits per heavy atom. The molecule has 9 heteroatoms. The van der Waals surface area contributed by atoms with Gasteiger partial charge in [-0.2, -0.15) is 16.9 Å². The van der Waals surface area contributed by atoms with Crippen LogP contribution in [0.4, 0.5) is 0 Å². The Labute approximate surface area is 172 Å². The Kier molecular flexibility index (Phi) is 11.5. The molecule has 1 aromatic heterocycles. The number of ether oxygens (including phenoxy) is 1. The van der Waals surface area contributed by atoms with Gasteiger partial charge in [0.05, 0.1) is 6.54 Å². The van der Waals surface area contributed by atoms with Gasteiger partial charge in [-0.25, -0.2) is 9.67 Å². The second-order valence-corrected chi connectivity index (χ2v) is 6.89. The highest BCUT2D eigenvalue weighted by Crippen LogP contribution is 2.13. The molecule has 1 atom stereocenters. The first-order valence-corrected chi connectivity index (χ1v) is 10.1. The molecule has 1 aromatic rings. The number of aromatic nitrogens is 3. The maximum absolute atomic E-state index is 5.12. The zero-order valence-corrected chi connectivity index (χ0v) is 18.6. The third-order valence-corrected chi connectivity index (χ3v) is 4.58. The number of thioether (sulfide) groups is 1. The molecule has 0 saturated carbocycles. The molecule has 7 nitrogen and oxygen atoms in total. The van der Waals surface area contributed by atoms with Crippen LogP contribution < -0.4 is 10.6 Å². The van der Waals surface area contributed by atoms with Gasteiger partial charge < -0.3 is 15.4 Å². The lowest BCUT2D eigenvalue weighted by atomic mass is 10.1. The van der Waals surface area contributed by atoms with Crippen molar-refractivity contribution in [3.05, 3.63) is 11.6 Å². The molecule has 0 aromatic carbocycles. The molecule has 1 aliphatic heterocycles. The SMILES string of the molecule is CCNC(=NCCCCSC)NC1CCc2nc(COC)nn2C1.I. The summed E-state index contributed by atoms with van der Waals surface area (Å²) < 4.78 is 7.11. The molecule has 144 valence electrons. The highest BCUT2D eigenvalue weighted by molar-refractivity contribution is 14.0. The van der Waals surface area contributed by atoms with Gasteiger partial charge in [0.15, 0.2) is 11.8 Å². The van der Waals surface area contributed by atoms with Gasteiger partial charge in [0.2, 0.25) is 0 Å². The summed E-state index contributed by atoms with van der Waals surface area (Å²) in [6.07, 6.45) is 6.48. The van der Waals surface area contributed by atoms with E-state index in [1.54, 1.807) is 7.11 Å². The molecule has 2 rings (SSSR count). The minimum atomic E-state index is 0. The average molecular weight is 482 g/mol. The van der Waals surface area contributed by atoms with Crippen molar-refractivity contribution in [2.75, 3.05) is 32.2 Å². The van der Waals surface area contributed by atoms with Gasteiger partial charge in [-0.1, -0.05) is 0 Å². The summed E-state index contributed by atoms with van der Waals surface area (Å²) in [5.74, 6) is 3.94. The Hall–Kier alpha value is -0.550. The number of fused-ring (bicyclic) bond motifs is 1. The summed E-state index contributed by atoms with van der Waals surface area (Å²) in [6, 6.07) is 0.332. The number of rotatable bonds is 9. The van der Waals surface area contributed by atoms with E-state index in [1.807, 2.05) is 16.4 Å². The van der Waals surface area contributed by atoms with Crippen molar-refractivity contribution < 1.29 is 4.74 Å². The number of aryl methyl sites for hydroxylation is 1. The zero-order valence-electron chi connectivity index (χ0n) is 15.5. The molecular weight excluding hydrogens is 451 g/mol. The van der Waals surface area contributed by atoms with Crippen molar-refractivity contribution in [2.45, 2.75) is 51.8 Å². The largest absolute Gasteiger partial charge is 0.377 e. The Balaban J connectivity index is 0.00000312. The van der Waals surface area contributed by atoms with E-state index in [4.69, 9.17) is 4.74 Å². The van der Waals surface area contributed by atoms with Crippen LogP contribution in [-0.2, 0) is 24.3 Å². The third-order valence-electron chi connectivity index (χ3n) is 3.89. The highest BCUT2D eigenvalue weighted by Gasteiger charge is 2.22. The number of unbranched alkanes of at least 4 members (excludes halogenated alkanes) is 1. The number of halogens is 1. The lowest BCUT2D eigenvalue weighted by molar-refractivity contribution is 0.177. The third kappa shape index (κ3) is 7.69. The van der Waals surface area contributed by atoms with Crippen molar-refractivity contribution in [2.24, 2.45) is 4.99 Å². The molecule has 1 aliphatic rings. The van der Waals surface area contributed by atoms with E-state index in [0.29, 0.717) is 12.6 Å². The van der Waals surface area contributed by atoms with Crippen molar-refractivity contribution in [1.29, 1.82) is 0 Å². The van der Waals surface area contributed by atoms with Gasteiger partial charge in [0.1, 0.15) is 12.4 Å². The first kappa shape index (κ1) is 22.5. The molecule has 2 N–H and O–H groups in total. The summed E-state index contributed by atoms with van der Waals surface area (Å²) >= 11 is 1.89. The highest BCUT2D eigenvalue weighted by atomic mass is 127. The molecule has 0 amide bonds. The fourth-order valence-electron chi connectivity index (χ4n) is 2.73. The van der Waals surface area contributed by atoms with E-state index < -0.39 is 0 Å². The average Bonchev–Trinajstić information content (AvgIpc) is 2.97. The van der Waals surface area contributed by atoms with Crippen LogP contribution in [0.3, 0.4) is 0 Å². The number of guanidine groups is 1. The van der Waals surface area contributed by atoms with E-state index in [1.165, 1.54) is 12.2 Å². The minimum Gasteiger partial charge on any atom is -0.377 e. The van der Waals surface area contributed by atoms with Crippen LogP contribution in [0.2, 0.25) is 0 Å². The second kappa shape index (κ2) is 12.7. The zero-order chi connectivity index (χ0) is 17.2. The lowest BCUT2D eigenvalue weighted by Gasteiger charge is -2.25. The van der Waals surface area contributed by atoms with Crippen molar-refractivity contribution in [3.8, 4) is 0 Å². The number of hydrogen-bond donors (Lipinski definition) is 2. The molecule has 0 spiro atoms. The molecule has 0 bridgehead atoms. The van der Waals surface area contributed by atoms with Crippen molar-refractivity contribution >= 4 is 41.7 Å². The normalized spacial score (nSPS) is 16.9. The quantitative estimate of drug-likeness (QED) is 0.243. The first-order valence-electron chi connectivity index (χ1n) is 8.72. The van der Waals surface area contributed by atoms with Crippen molar-refractivity contribution in [1.82, 2.24) is 25.4 Å². The van der Waals surface area contributed by atoms with Gasteiger partial charge in [0, 0.05) is 32.7 Å². The molecule has 25 heavy (non-hydrogen) atoms. The molecule has 1 unspecified atom stereocenters. The van der Waals surface area contributed by atoms with Gasteiger partial charge in [-0.15, -0.1) is 24.0 Å². The molecule has 0 radical (unpaired) electrons. The second-order valence-electron chi connectivity index (χ2n) is 5.90. The summed E-state index contributed by atoms with van der Waals surface area (Å²) in [5, 5.41) is 11.4. The fourth-order valence-corrected chi connectivity index (χ4v) is 3.22. The van der Waals surface area contributed by atoms with E-state index >= 15 is 0 Å². The van der Waals surface area contributed by atoms with E-state index in [9.17, 15) is 0 Å². The molecule has 0 saturated heterocycles. The Morgan fingerprint density at radius 2 is 2.28 bits per heavy atom. The van der Waals surface area contributed by atoms with E-state index in [-0.39, 0.29) is 24.0 Å². The molecular formula is C16H31IN6OS. The number of nitrogens with zero attached hydrogens (tertiary/aromatic N) is 4. The van der Waals surface area contributed by atoms with Gasteiger partial charge in [-0.05, 0) is 38.2 Å². The predicted octanol–water partition coefficient (Wildman–Crippen LogP) is 2.06. The van der Waals surface area contributed by atoms with Crippen LogP contribution in [0.25, 0.3) is 0 Å². The number of aliphatic imine (C=N–C) groups is 1. The van der Waals surface area contributed by atoms with Gasteiger partial charge in [-0.3, -0.25) is 4.99 Å². The van der Waals surface area contributed by atoms with Crippen LogP contribution in [0.1, 0.15) is 37.8 Å². The Bertz CT molecular complexity index is 525. The molecule has 0 aliphatic carbocycles. The van der Waals surface area contributed by atoms with Gasteiger partial charge >= 0.3 is 0 Å². The predicted molar refractivity (Wildman–Crippen MR) is 115 cm³/mol. The van der Waals surface area contributed by atoms with Crippen LogP contribution >= 0.6 is 35.7 Å². The molecule has 0 fully saturated rings. The smallest absolute Gasteiger partial charge is 0.191 e. The standard InChI is InChI=1S/C16H30N6OS.HI/c1-4-17-16(18-9-5-6-10-24-3)19-13-7-8-15-20-14(12-23-2)21-22(15)11-13;/h13H,4-12H2,1-3H3,(H2,17,18,19);1H. The summed E-state index contributed by atoms with van der Waals surface area (Å²) in [7, 11) is 1.67. The van der Waals surface area contributed by atoms with Crippen LogP contribution in [0.15, 0.2) is 4.99 Å². The maximum Gasteiger partial charge on any atom is 0.191 e. The van der Waals surface area contributed by atoms with E-state index in [0.717, 1.165) is 56.5 Å². The minimum absolute atomic E-state index is 0. The van der Waals surface area contributed by atoms with Crippen molar-refractivity contribution in [3.63, 3.8) is 0 Å². The number of nitrogens with one attached hydrogen (secondary N) is 2. The topological polar surface area (TPSA) is 76.4 Å². The molecule has 2 heterocycles. The first-order chi connectivity index (χ1) is 11.8. The maximum atomic E-state index is 5.12. The van der Waals surface area contributed by atoms with Gasteiger partial charge in [0.25, 0.3) is 0 Å². The van der Waals surface area contributed by atoms with Crippen LogP contribution in [-0.4, -0.2) is 59.0 Å². The Morgan fingerprint density at radius 1 is 1.44 bits per heavy atom.